The first-order chi connectivity index (χ1) is 10.5. The van der Waals surface area contributed by atoms with Crippen LogP contribution < -0.4 is 20.1 Å². The lowest BCUT2D eigenvalue weighted by atomic mass is 9.81. The van der Waals surface area contributed by atoms with E-state index in [9.17, 15) is 4.79 Å². The number of rotatable bonds is 5. The van der Waals surface area contributed by atoms with Crippen LogP contribution in [0.3, 0.4) is 0 Å². The summed E-state index contributed by atoms with van der Waals surface area (Å²) >= 11 is 0. The maximum absolute atomic E-state index is 12.6. The van der Waals surface area contributed by atoms with Gasteiger partial charge in [0.15, 0.2) is 11.5 Å². The van der Waals surface area contributed by atoms with Gasteiger partial charge < -0.3 is 20.1 Å². The van der Waals surface area contributed by atoms with E-state index in [1.165, 1.54) is 0 Å². The van der Waals surface area contributed by atoms with E-state index < -0.39 is 0 Å². The van der Waals surface area contributed by atoms with Crippen molar-refractivity contribution in [3.05, 3.63) is 23.8 Å². The second-order valence-corrected chi connectivity index (χ2v) is 6.15. The number of piperidine rings is 1. The number of carbonyl (C=O) groups is 1. The molecule has 2 unspecified atom stereocenters. The first kappa shape index (κ1) is 19.6. The monoisotopic (exact) mass is 342 g/mol. The molecule has 1 fully saturated rings. The Balaban J connectivity index is 0.00000264. The lowest BCUT2D eigenvalue weighted by Crippen LogP contribution is -2.49. The van der Waals surface area contributed by atoms with E-state index in [0.717, 1.165) is 31.5 Å². The highest BCUT2D eigenvalue weighted by Crippen LogP contribution is 2.31. The highest BCUT2D eigenvalue weighted by molar-refractivity contribution is 5.85. The van der Waals surface area contributed by atoms with Crippen LogP contribution in [0.25, 0.3) is 0 Å². The third-order valence-electron chi connectivity index (χ3n) is 4.40. The number of nitrogens with one attached hydrogen (secondary N) is 2. The molecule has 5 nitrogen and oxygen atoms in total. The van der Waals surface area contributed by atoms with Gasteiger partial charge in [-0.15, -0.1) is 12.4 Å². The lowest BCUT2D eigenvalue weighted by Gasteiger charge is -2.33. The zero-order valence-electron chi connectivity index (χ0n) is 14.3. The molecule has 2 rings (SSSR count). The Labute approximate surface area is 144 Å². The van der Waals surface area contributed by atoms with E-state index in [2.05, 4.69) is 10.6 Å². The van der Waals surface area contributed by atoms with Gasteiger partial charge in [-0.2, -0.15) is 0 Å². The minimum atomic E-state index is -0.330. The first-order valence-electron chi connectivity index (χ1n) is 7.74. The van der Waals surface area contributed by atoms with Gasteiger partial charge in [-0.05, 0) is 50.9 Å². The van der Waals surface area contributed by atoms with Crippen LogP contribution in [-0.2, 0) is 4.79 Å². The fourth-order valence-electron chi connectivity index (χ4n) is 2.83. The number of benzene rings is 1. The molecule has 1 aliphatic rings. The van der Waals surface area contributed by atoms with Gasteiger partial charge in [0.05, 0.1) is 25.7 Å². The van der Waals surface area contributed by atoms with Crippen LogP contribution in [0.5, 0.6) is 11.5 Å². The maximum atomic E-state index is 12.6. The van der Waals surface area contributed by atoms with Crippen molar-refractivity contribution in [2.24, 2.45) is 5.41 Å². The SMILES string of the molecule is COc1ccc(C(C)NC(=O)C2(C)CCCNC2)cc1OC.Cl. The number of carbonyl (C=O) groups excluding carboxylic acids is 1. The van der Waals surface area contributed by atoms with Gasteiger partial charge in [0.2, 0.25) is 5.91 Å². The summed E-state index contributed by atoms with van der Waals surface area (Å²) in [5, 5.41) is 6.43. The zero-order valence-corrected chi connectivity index (χ0v) is 15.1. The summed E-state index contributed by atoms with van der Waals surface area (Å²) in [6, 6.07) is 5.64. The average Bonchev–Trinajstić information content (AvgIpc) is 2.54. The van der Waals surface area contributed by atoms with E-state index in [-0.39, 0.29) is 29.8 Å². The molecule has 6 heteroatoms. The van der Waals surface area contributed by atoms with E-state index in [0.29, 0.717) is 11.5 Å². The topological polar surface area (TPSA) is 59.6 Å². The molecule has 23 heavy (non-hydrogen) atoms. The molecular formula is C17H27ClN2O3. The molecule has 1 aromatic rings. The number of methoxy groups -OCH3 is 2. The summed E-state index contributed by atoms with van der Waals surface area (Å²) in [7, 11) is 3.22. The number of hydrogen-bond acceptors (Lipinski definition) is 4. The molecule has 0 bridgehead atoms. The van der Waals surface area contributed by atoms with Gasteiger partial charge in [-0.25, -0.2) is 0 Å². The van der Waals surface area contributed by atoms with Gasteiger partial charge in [0.25, 0.3) is 0 Å². The first-order valence-corrected chi connectivity index (χ1v) is 7.74. The number of ether oxygens (including phenoxy) is 2. The second-order valence-electron chi connectivity index (χ2n) is 6.15. The zero-order chi connectivity index (χ0) is 16.2. The Morgan fingerprint density at radius 1 is 1.30 bits per heavy atom. The Kier molecular flexibility index (Phi) is 7.16. The largest absolute Gasteiger partial charge is 0.493 e. The second kappa shape index (κ2) is 8.41. The van der Waals surface area contributed by atoms with E-state index in [1.54, 1.807) is 14.2 Å². The van der Waals surface area contributed by atoms with Crippen LogP contribution in [0.4, 0.5) is 0 Å². The van der Waals surface area contributed by atoms with Crippen molar-refractivity contribution in [3.8, 4) is 11.5 Å². The normalized spacial score (nSPS) is 21.7. The summed E-state index contributed by atoms with van der Waals surface area (Å²) in [5.41, 5.74) is 0.668. The Hall–Kier alpha value is -1.46. The van der Waals surface area contributed by atoms with Gasteiger partial charge >= 0.3 is 0 Å². The van der Waals surface area contributed by atoms with Gasteiger partial charge in [-0.1, -0.05) is 6.07 Å². The third kappa shape index (κ3) is 4.52. The molecule has 1 aromatic carbocycles. The van der Waals surface area contributed by atoms with Gasteiger partial charge in [-0.3, -0.25) is 4.79 Å². The summed E-state index contributed by atoms with van der Waals surface area (Å²) < 4.78 is 10.6. The van der Waals surface area contributed by atoms with Gasteiger partial charge in [0.1, 0.15) is 0 Å². The summed E-state index contributed by atoms with van der Waals surface area (Å²) in [5.74, 6) is 1.46. The maximum Gasteiger partial charge on any atom is 0.227 e. The molecule has 0 saturated carbocycles. The summed E-state index contributed by atoms with van der Waals surface area (Å²) in [6.07, 6.45) is 1.96. The minimum absolute atomic E-state index is 0. The molecule has 1 heterocycles. The van der Waals surface area contributed by atoms with Crippen molar-refractivity contribution in [1.82, 2.24) is 10.6 Å². The Morgan fingerprint density at radius 2 is 2.00 bits per heavy atom. The fraction of sp³-hybridized carbons (Fsp3) is 0.588. The van der Waals surface area contributed by atoms with E-state index in [4.69, 9.17) is 9.47 Å². The highest BCUT2D eigenvalue weighted by Gasteiger charge is 2.35. The average molecular weight is 343 g/mol. The van der Waals surface area contributed by atoms with Crippen molar-refractivity contribution in [2.45, 2.75) is 32.7 Å². The molecular weight excluding hydrogens is 316 g/mol. The fourth-order valence-corrected chi connectivity index (χ4v) is 2.83. The van der Waals surface area contributed by atoms with Crippen LogP contribution in [-0.4, -0.2) is 33.2 Å². The molecule has 130 valence electrons. The minimum Gasteiger partial charge on any atom is -0.493 e. The standard InChI is InChI=1S/C17H26N2O3.ClH/c1-12(13-6-7-14(21-3)15(10-13)22-4)19-16(20)17(2)8-5-9-18-11-17;/h6-7,10,12,18H,5,8-9,11H2,1-4H3,(H,19,20);1H. The predicted octanol–water partition coefficient (Wildman–Crippen LogP) is 2.69. The lowest BCUT2D eigenvalue weighted by molar-refractivity contribution is -0.131. The molecule has 0 aliphatic carbocycles. The van der Waals surface area contributed by atoms with Crippen molar-refractivity contribution >= 4 is 18.3 Å². The van der Waals surface area contributed by atoms with E-state index >= 15 is 0 Å². The van der Waals surface area contributed by atoms with Crippen molar-refractivity contribution in [2.75, 3.05) is 27.3 Å². The molecule has 1 aliphatic heterocycles. The van der Waals surface area contributed by atoms with Crippen LogP contribution in [0, 0.1) is 5.41 Å². The smallest absolute Gasteiger partial charge is 0.227 e. The summed E-state index contributed by atoms with van der Waals surface area (Å²) in [6.45, 7) is 5.74. The van der Waals surface area contributed by atoms with Crippen LogP contribution >= 0.6 is 12.4 Å². The third-order valence-corrected chi connectivity index (χ3v) is 4.40. The highest BCUT2D eigenvalue weighted by atomic mass is 35.5. The number of amides is 1. The molecule has 1 amide bonds. The van der Waals surface area contributed by atoms with Crippen molar-refractivity contribution in [3.63, 3.8) is 0 Å². The van der Waals surface area contributed by atoms with E-state index in [1.807, 2.05) is 32.0 Å². The molecule has 2 N–H and O–H groups in total. The number of halogens is 1. The molecule has 2 atom stereocenters. The molecule has 0 spiro atoms. The van der Waals surface area contributed by atoms with Crippen LogP contribution in [0.15, 0.2) is 18.2 Å². The molecule has 0 radical (unpaired) electrons. The van der Waals surface area contributed by atoms with Crippen LogP contribution in [0.2, 0.25) is 0 Å². The molecule has 1 saturated heterocycles. The summed E-state index contributed by atoms with van der Waals surface area (Å²) in [4.78, 5) is 12.6. The van der Waals surface area contributed by atoms with Gasteiger partial charge in [0, 0.05) is 6.54 Å². The van der Waals surface area contributed by atoms with Crippen molar-refractivity contribution < 1.29 is 14.3 Å². The number of hydrogen-bond donors (Lipinski definition) is 2. The quantitative estimate of drug-likeness (QED) is 0.863. The molecule has 0 aromatic heterocycles. The predicted molar refractivity (Wildman–Crippen MR) is 93.6 cm³/mol. The Morgan fingerprint density at radius 3 is 2.57 bits per heavy atom. The Bertz CT molecular complexity index is 531. The van der Waals surface area contributed by atoms with Crippen molar-refractivity contribution in [1.29, 1.82) is 0 Å². The van der Waals surface area contributed by atoms with Crippen LogP contribution in [0.1, 0.15) is 38.3 Å².